The minimum Gasteiger partial charge on any atom is -0.453 e. The molecule has 1 atom stereocenters. The van der Waals surface area contributed by atoms with E-state index in [1.807, 2.05) is 20.8 Å². The van der Waals surface area contributed by atoms with Crippen LogP contribution in [-0.2, 0) is 4.74 Å². The predicted molar refractivity (Wildman–Crippen MR) is 86.0 cm³/mol. The Morgan fingerprint density at radius 3 is 2.91 bits per heavy atom. The fourth-order valence-corrected chi connectivity index (χ4v) is 2.85. The summed E-state index contributed by atoms with van der Waals surface area (Å²) in [5.74, 6) is 1.19. The standard InChI is InChI=1S/C17H23N2O4/c1-17(2,3)23-16(20)19(12-6-5-9-18-10-12)13-7-4-8-14-15(13)22-11-21-14/h7-8,12,18H,5-6,9-11H2,1-3H3. The van der Waals surface area contributed by atoms with Gasteiger partial charge >= 0.3 is 6.09 Å². The summed E-state index contributed by atoms with van der Waals surface area (Å²) in [6, 6.07) is 6.52. The van der Waals surface area contributed by atoms with E-state index in [0.29, 0.717) is 17.2 Å². The van der Waals surface area contributed by atoms with E-state index < -0.39 is 5.60 Å². The second-order valence-electron chi connectivity index (χ2n) is 6.79. The van der Waals surface area contributed by atoms with Crippen molar-refractivity contribution in [2.75, 3.05) is 24.8 Å². The quantitative estimate of drug-likeness (QED) is 0.908. The lowest BCUT2D eigenvalue weighted by Crippen LogP contribution is -2.50. The normalized spacial score (nSPS) is 20.2. The van der Waals surface area contributed by atoms with Crippen molar-refractivity contribution < 1.29 is 19.0 Å². The number of anilines is 1. The van der Waals surface area contributed by atoms with Crippen LogP contribution in [0.1, 0.15) is 33.6 Å². The van der Waals surface area contributed by atoms with Gasteiger partial charge in [0.15, 0.2) is 11.5 Å². The summed E-state index contributed by atoms with van der Waals surface area (Å²) in [4.78, 5) is 14.5. The molecule has 1 aromatic carbocycles. The van der Waals surface area contributed by atoms with Crippen LogP contribution in [0.4, 0.5) is 10.5 Å². The smallest absolute Gasteiger partial charge is 0.415 e. The van der Waals surface area contributed by atoms with Crippen molar-refractivity contribution >= 4 is 11.8 Å². The molecule has 6 heteroatoms. The van der Waals surface area contributed by atoms with Crippen LogP contribution in [0.5, 0.6) is 11.5 Å². The average Bonchev–Trinajstić information content (AvgIpc) is 2.96. The number of hydrogen-bond acceptors (Lipinski definition) is 5. The van der Waals surface area contributed by atoms with Crippen LogP contribution in [0.3, 0.4) is 0 Å². The molecule has 23 heavy (non-hydrogen) atoms. The number of carbonyl (C=O) groups excluding carboxylic acids is 1. The van der Waals surface area contributed by atoms with Crippen LogP contribution in [0.25, 0.3) is 0 Å². The molecule has 0 saturated carbocycles. The first-order valence-electron chi connectivity index (χ1n) is 7.98. The number of rotatable bonds is 2. The fourth-order valence-electron chi connectivity index (χ4n) is 2.85. The highest BCUT2D eigenvalue weighted by molar-refractivity contribution is 5.91. The van der Waals surface area contributed by atoms with Gasteiger partial charge in [0.05, 0.1) is 11.7 Å². The van der Waals surface area contributed by atoms with Gasteiger partial charge < -0.3 is 19.5 Å². The Labute approximate surface area is 136 Å². The molecule has 1 radical (unpaired) electrons. The van der Waals surface area contributed by atoms with Gasteiger partial charge in [-0.2, -0.15) is 0 Å². The molecular weight excluding hydrogens is 296 g/mol. The molecule has 1 amide bonds. The number of nitrogens with one attached hydrogen (secondary N) is 1. The Kier molecular flexibility index (Phi) is 4.35. The van der Waals surface area contributed by atoms with Gasteiger partial charge in [0.2, 0.25) is 6.79 Å². The average molecular weight is 319 g/mol. The first kappa shape index (κ1) is 15.9. The Morgan fingerprint density at radius 1 is 1.39 bits per heavy atom. The van der Waals surface area contributed by atoms with Crippen molar-refractivity contribution in [3.05, 3.63) is 18.2 Å². The van der Waals surface area contributed by atoms with E-state index in [1.165, 1.54) is 0 Å². The second kappa shape index (κ2) is 6.28. The number of nitrogens with zero attached hydrogens (tertiary/aromatic N) is 1. The minimum absolute atomic E-state index is 0.0164. The van der Waals surface area contributed by atoms with Crippen LogP contribution in [0.15, 0.2) is 12.1 Å². The first-order chi connectivity index (χ1) is 11.0. The summed E-state index contributed by atoms with van der Waals surface area (Å²) >= 11 is 0. The third-order valence-corrected chi connectivity index (χ3v) is 3.79. The van der Waals surface area contributed by atoms with Crippen molar-refractivity contribution in [2.24, 2.45) is 0 Å². The van der Waals surface area contributed by atoms with Crippen molar-refractivity contribution in [3.8, 4) is 11.5 Å². The maximum Gasteiger partial charge on any atom is 0.415 e. The molecule has 1 unspecified atom stereocenters. The SMILES string of the molecule is CC(C)(C)OC(=O)N(c1c[c]cc2c1OCO2)C1CCCNC1. The van der Waals surface area contributed by atoms with Crippen molar-refractivity contribution in [3.63, 3.8) is 0 Å². The molecule has 0 spiro atoms. The number of carbonyl (C=O) groups is 1. The molecule has 6 nitrogen and oxygen atoms in total. The maximum absolute atomic E-state index is 12.8. The highest BCUT2D eigenvalue weighted by Gasteiger charge is 2.34. The number of amides is 1. The molecular formula is C17H23N2O4. The molecule has 2 aliphatic heterocycles. The van der Waals surface area contributed by atoms with E-state index in [9.17, 15) is 4.79 Å². The highest BCUT2D eigenvalue weighted by atomic mass is 16.7. The van der Waals surface area contributed by atoms with Crippen LogP contribution < -0.4 is 19.7 Å². The number of hydrogen-bond donors (Lipinski definition) is 1. The monoisotopic (exact) mass is 319 g/mol. The number of benzene rings is 1. The van der Waals surface area contributed by atoms with Crippen molar-refractivity contribution in [1.82, 2.24) is 5.32 Å². The Bertz CT molecular complexity index is 576. The van der Waals surface area contributed by atoms with Crippen LogP contribution in [-0.4, -0.2) is 37.6 Å². The largest absolute Gasteiger partial charge is 0.453 e. The predicted octanol–water partition coefficient (Wildman–Crippen LogP) is 2.71. The number of fused-ring (bicyclic) bond motifs is 1. The minimum atomic E-state index is -0.559. The second-order valence-corrected chi connectivity index (χ2v) is 6.79. The number of piperidine rings is 1. The van der Waals surface area contributed by atoms with Crippen LogP contribution in [0.2, 0.25) is 0 Å². The fraction of sp³-hybridized carbons (Fsp3) is 0.588. The lowest BCUT2D eigenvalue weighted by molar-refractivity contribution is 0.0559. The maximum atomic E-state index is 12.8. The molecule has 2 heterocycles. The van der Waals surface area contributed by atoms with E-state index in [2.05, 4.69) is 11.4 Å². The third-order valence-electron chi connectivity index (χ3n) is 3.79. The summed E-state index contributed by atoms with van der Waals surface area (Å²) in [5, 5.41) is 3.34. The van der Waals surface area contributed by atoms with Crippen LogP contribution in [0, 0.1) is 6.07 Å². The Morgan fingerprint density at radius 2 is 2.22 bits per heavy atom. The van der Waals surface area contributed by atoms with E-state index in [-0.39, 0.29) is 18.9 Å². The van der Waals surface area contributed by atoms with E-state index in [0.717, 1.165) is 25.9 Å². The van der Waals surface area contributed by atoms with Gasteiger partial charge in [0.25, 0.3) is 0 Å². The number of ether oxygens (including phenoxy) is 3. The van der Waals surface area contributed by atoms with E-state index >= 15 is 0 Å². The Hall–Kier alpha value is -1.95. The third kappa shape index (κ3) is 3.52. The molecule has 0 bridgehead atoms. The lowest BCUT2D eigenvalue weighted by atomic mass is 10.0. The van der Waals surface area contributed by atoms with Crippen molar-refractivity contribution in [2.45, 2.75) is 45.3 Å². The first-order valence-corrected chi connectivity index (χ1v) is 7.98. The van der Waals surface area contributed by atoms with Gasteiger partial charge in [-0.1, -0.05) is 0 Å². The van der Waals surface area contributed by atoms with Gasteiger partial charge in [0.1, 0.15) is 5.60 Å². The summed E-state index contributed by atoms with van der Waals surface area (Å²) in [6.07, 6.45) is 1.56. The zero-order valence-electron chi connectivity index (χ0n) is 13.8. The van der Waals surface area contributed by atoms with Gasteiger partial charge in [-0.15, -0.1) is 0 Å². The van der Waals surface area contributed by atoms with Gasteiger partial charge in [-0.05, 0) is 58.4 Å². The van der Waals surface area contributed by atoms with Crippen LogP contribution >= 0.6 is 0 Å². The molecule has 1 fully saturated rings. The molecule has 2 aliphatic rings. The molecule has 3 rings (SSSR count). The zero-order chi connectivity index (χ0) is 16.4. The van der Waals surface area contributed by atoms with E-state index in [4.69, 9.17) is 14.2 Å². The lowest BCUT2D eigenvalue weighted by Gasteiger charge is -2.36. The highest BCUT2D eigenvalue weighted by Crippen LogP contribution is 2.42. The topological polar surface area (TPSA) is 60.0 Å². The summed E-state index contributed by atoms with van der Waals surface area (Å²) in [5.41, 5.74) is 0.0964. The summed E-state index contributed by atoms with van der Waals surface area (Å²) in [6.45, 7) is 7.45. The van der Waals surface area contributed by atoms with Gasteiger partial charge in [-0.3, -0.25) is 4.90 Å². The molecule has 125 valence electrons. The zero-order valence-corrected chi connectivity index (χ0v) is 13.8. The summed E-state index contributed by atoms with van der Waals surface area (Å²) < 4.78 is 16.6. The molecule has 1 aromatic rings. The van der Waals surface area contributed by atoms with Gasteiger partial charge in [0, 0.05) is 6.54 Å². The molecule has 1 N–H and O–H groups in total. The van der Waals surface area contributed by atoms with Gasteiger partial charge in [-0.25, -0.2) is 4.79 Å². The molecule has 0 aliphatic carbocycles. The Balaban J connectivity index is 1.95. The summed E-state index contributed by atoms with van der Waals surface area (Å²) in [7, 11) is 0. The molecule has 1 saturated heterocycles. The molecule has 0 aromatic heterocycles. The van der Waals surface area contributed by atoms with Crippen molar-refractivity contribution in [1.29, 1.82) is 0 Å². The van der Waals surface area contributed by atoms with E-state index in [1.54, 1.807) is 17.0 Å².